The van der Waals surface area contributed by atoms with Gasteiger partial charge in [0.05, 0.1) is 18.6 Å². The van der Waals surface area contributed by atoms with E-state index < -0.39 is 0 Å². The lowest BCUT2D eigenvalue weighted by Crippen LogP contribution is -2.12. The molecule has 102 valence electrons. The zero-order chi connectivity index (χ0) is 13.4. The highest BCUT2D eigenvalue weighted by Gasteiger charge is 2.21. The standard InChI is InChI=1S/C14H21N5/c1-10-13(11(2)18(3)17-10)8-19-9-16-7-14(19)12-4-5-15-6-12/h7,9,12,15H,4-6,8H2,1-3H3. The largest absolute Gasteiger partial charge is 0.330 e. The molecule has 5 heteroatoms. The molecule has 0 amide bonds. The fourth-order valence-electron chi connectivity index (χ4n) is 2.93. The maximum atomic E-state index is 4.49. The van der Waals surface area contributed by atoms with Gasteiger partial charge in [0, 0.05) is 42.7 Å². The van der Waals surface area contributed by atoms with Crippen molar-refractivity contribution in [3.63, 3.8) is 0 Å². The van der Waals surface area contributed by atoms with Crippen molar-refractivity contribution >= 4 is 0 Å². The minimum absolute atomic E-state index is 0.597. The van der Waals surface area contributed by atoms with Gasteiger partial charge < -0.3 is 9.88 Å². The first kappa shape index (κ1) is 12.4. The van der Waals surface area contributed by atoms with Crippen LogP contribution in [0.2, 0.25) is 0 Å². The third-order valence-electron chi connectivity index (χ3n) is 4.21. The van der Waals surface area contributed by atoms with E-state index in [9.17, 15) is 0 Å². The van der Waals surface area contributed by atoms with Gasteiger partial charge in [-0.2, -0.15) is 5.10 Å². The van der Waals surface area contributed by atoms with E-state index in [-0.39, 0.29) is 0 Å². The van der Waals surface area contributed by atoms with Gasteiger partial charge in [-0.25, -0.2) is 4.98 Å². The molecule has 5 nitrogen and oxygen atoms in total. The average molecular weight is 259 g/mol. The summed E-state index contributed by atoms with van der Waals surface area (Å²) in [6.45, 7) is 7.26. The van der Waals surface area contributed by atoms with Gasteiger partial charge in [-0.05, 0) is 26.8 Å². The zero-order valence-electron chi connectivity index (χ0n) is 11.8. The third-order valence-corrected chi connectivity index (χ3v) is 4.21. The SMILES string of the molecule is Cc1nn(C)c(C)c1Cn1cncc1C1CCNC1. The Labute approximate surface area is 113 Å². The lowest BCUT2D eigenvalue weighted by atomic mass is 10.1. The van der Waals surface area contributed by atoms with Gasteiger partial charge in [0.25, 0.3) is 0 Å². The van der Waals surface area contributed by atoms with Gasteiger partial charge >= 0.3 is 0 Å². The molecular formula is C14H21N5. The number of nitrogens with one attached hydrogen (secondary N) is 1. The predicted molar refractivity (Wildman–Crippen MR) is 74.2 cm³/mol. The van der Waals surface area contributed by atoms with E-state index in [0.717, 1.165) is 25.3 Å². The summed E-state index contributed by atoms with van der Waals surface area (Å²) in [5, 5.41) is 7.91. The second-order valence-corrected chi connectivity index (χ2v) is 5.41. The summed E-state index contributed by atoms with van der Waals surface area (Å²) in [5.74, 6) is 0.597. The van der Waals surface area contributed by atoms with Crippen molar-refractivity contribution in [2.45, 2.75) is 32.7 Å². The van der Waals surface area contributed by atoms with Crippen LogP contribution in [0.3, 0.4) is 0 Å². The molecular weight excluding hydrogens is 238 g/mol. The first-order chi connectivity index (χ1) is 9.16. The van der Waals surface area contributed by atoms with Crippen LogP contribution in [0.25, 0.3) is 0 Å². The van der Waals surface area contributed by atoms with Gasteiger partial charge in [-0.1, -0.05) is 0 Å². The van der Waals surface area contributed by atoms with E-state index >= 15 is 0 Å². The Bertz CT molecular complexity index is 575. The van der Waals surface area contributed by atoms with Crippen molar-refractivity contribution < 1.29 is 0 Å². The van der Waals surface area contributed by atoms with Crippen LogP contribution in [-0.2, 0) is 13.6 Å². The minimum Gasteiger partial charge on any atom is -0.330 e. The molecule has 0 bridgehead atoms. The summed E-state index contributed by atoms with van der Waals surface area (Å²) >= 11 is 0. The minimum atomic E-state index is 0.597. The number of rotatable bonds is 3. The molecule has 0 radical (unpaired) electrons. The number of nitrogens with zero attached hydrogens (tertiary/aromatic N) is 4. The number of imidazole rings is 1. The normalized spacial score (nSPS) is 19.2. The van der Waals surface area contributed by atoms with Crippen molar-refractivity contribution in [1.29, 1.82) is 0 Å². The Morgan fingerprint density at radius 2 is 2.26 bits per heavy atom. The fraction of sp³-hybridized carbons (Fsp3) is 0.571. The van der Waals surface area contributed by atoms with Gasteiger partial charge in [0.2, 0.25) is 0 Å². The molecule has 19 heavy (non-hydrogen) atoms. The van der Waals surface area contributed by atoms with Crippen LogP contribution in [0, 0.1) is 13.8 Å². The van der Waals surface area contributed by atoms with E-state index in [1.165, 1.54) is 23.4 Å². The van der Waals surface area contributed by atoms with E-state index in [4.69, 9.17) is 0 Å². The lowest BCUT2D eigenvalue weighted by Gasteiger charge is -2.13. The van der Waals surface area contributed by atoms with E-state index in [0.29, 0.717) is 5.92 Å². The summed E-state index contributed by atoms with van der Waals surface area (Å²) in [6, 6.07) is 0. The molecule has 1 aliphatic rings. The van der Waals surface area contributed by atoms with Gasteiger partial charge in [-0.15, -0.1) is 0 Å². The number of aromatic nitrogens is 4. The highest BCUT2D eigenvalue weighted by Crippen LogP contribution is 2.23. The van der Waals surface area contributed by atoms with Gasteiger partial charge in [-0.3, -0.25) is 4.68 Å². The summed E-state index contributed by atoms with van der Waals surface area (Å²) < 4.78 is 4.23. The second-order valence-electron chi connectivity index (χ2n) is 5.41. The molecule has 0 spiro atoms. The van der Waals surface area contributed by atoms with Crippen LogP contribution in [0.1, 0.15) is 35.0 Å². The molecule has 2 aromatic heterocycles. The molecule has 1 saturated heterocycles. The molecule has 1 aliphatic heterocycles. The number of hydrogen-bond donors (Lipinski definition) is 1. The highest BCUT2D eigenvalue weighted by molar-refractivity contribution is 5.25. The summed E-state index contributed by atoms with van der Waals surface area (Å²) in [6.07, 6.45) is 5.16. The highest BCUT2D eigenvalue weighted by atomic mass is 15.3. The lowest BCUT2D eigenvalue weighted by molar-refractivity contribution is 0.650. The maximum absolute atomic E-state index is 4.49. The molecule has 3 heterocycles. The van der Waals surface area contributed by atoms with Gasteiger partial charge in [0.15, 0.2) is 0 Å². The van der Waals surface area contributed by atoms with Crippen LogP contribution in [0.4, 0.5) is 0 Å². The molecule has 1 atom stereocenters. The van der Waals surface area contributed by atoms with Crippen LogP contribution in [0.5, 0.6) is 0 Å². The molecule has 3 rings (SSSR count). The van der Waals surface area contributed by atoms with Crippen molar-refractivity contribution in [2.24, 2.45) is 7.05 Å². The van der Waals surface area contributed by atoms with Crippen LogP contribution in [0.15, 0.2) is 12.5 Å². The Kier molecular flexibility index (Phi) is 3.14. The van der Waals surface area contributed by atoms with Crippen molar-refractivity contribution in [3.8, 4) is 0 Å². The molecule has 0 saturated carbocycles. The molecule has 1 unspecified atom stereocenters. The van der Waals surface area contributed by atoms with Crippen molar-refractivity contribution in [2.75, 3.05) is 13.1 Å². The zero-order valence-corrected chi connectivity index (χ0v) is 11.8. The summed E-state index contributed by atoms with van der Waals surface area (Å²) in [7, 11) is 2.00. The Balaban J connectivity index is 1.89. The van der Waals surface area contributed by atoms with Crippen molar-refractivity contribution in [3.05, 3.63) is 35.2 Å². The van der Waals surface area contributed by atoms with Gasteiger partial charge in [0.1, 0.15) is 0 Å². The van der Waals surface area contributed by atoms with Crippen LogP contribution >= 0.6 is 0 Å². The summed E-state index contributed by atoms with van der Waals surface area (Å²) in [4.78, 5) is 4.34. The molecule has 1 N–H and O–H groups in total. The smallest absolute Gasteiger partial charge is 0.0951 e. The van der Waals surface area contributed by atoms with Crippen LogP contribution < -0.4 is 5.32 Å². The maximum Gasteiger partial charge on any atom is 0.0951 e. The number of hydrogen-bond acceptors (Lipinski definition) is 3. The first-order valence-corrected chi connectivity index (χ1v) is 6.86. The third kappa shape index (κ3) is 2.18. The summed E-state index contributed by atoms with van der Waals surface area (Å²) in [5.41, 5.74) is 5.01. The Hall–Kier alpha value is -1.62. The van der Waals surface area contributed by atoms with Crippen molar-refractivity contribution in [1.82, 2.24) is 24.6 Å². The average Bonchev–Trinajstić information content (AvgIpc) is 3.08. The second kappa shape index (κ2) is 4.81. The van der Waals surface area contributed by atoms with Crippen LogP contribution in [-0.4, -0.2) is 32.4 Å². The van der Waals surface area contributed by atoms with E-state index in [1.54, 1.807) is 0 Å². The Morgan fingerprint density at radius 3 is 2.89 bits per heavy atom. The monoisotopic (exact) mass is 259 g/mol. The molecule has 0 aliphatic carbocycles. The number of aryl methyl sites for hydroxylation is 2. The Morgan fingerprint density at radius 1 is 1.42 bits per heavy atom. The molecule has 1 fully saturated rings. The first-order valence-electron chi connectivity index (χ1n) is 6.86. The van der Waals surface area contributed by atoms with E-state index in [2.05, 4.69) is 33.8 Å². The fourth-order valence-corrected chi connectivity index (χ4v) is 2.93. The topological polar surface area (TPSA) is 47.7 Å². The van der Waals surface area contributed by atoms with E-state index in [1.807, 2.05) is 24.3 Å². The molecule has 2 aromatic rings. The molecule has 0 aromatic carbocycles. The quantitative estimate of drug-likeness (QED) is 0.905. The predicted octanol–water partition coefficient (Wildman–Crippen LogP) is 1.36.